The third-order valence-corrected chi connectivity index (χ3v) is 4.99. The standard InChI is InChI=1S/C24H19NO4/c1-15-10-12-16(13-11-15)22(27)20-21(17-6-5-9-19(26)14-17)25(24(29)23(20)28)18-7-3-2-4-8-18/h2-14,21,26-27H,1H3/b22-20-. The number of ketones is 1. The van der Waals surface area contributed by atoms with Gasteiger partial charge in [0, 0.05) is 11.3 Å². The predicted octanol–water partition coefficient (Wildman–Crippen LogP) is 4.33. The van der Waals surface area contributed by atoms with Crippen molar-refractivity contribution in [1.29, 1.82) is 0 Å². The summed E-state index contributed by atoms with van der Waals surface area (Å²) in [6.45, 7) is 1.92. The Morgan fingerprint density at radius 2 is 1.59 bits per heavy atom. The molecule has 1 aliphatic rings. The second-order valence-electron chi connectivity index (χ2n) is 6.97. The number of amides is 1. The van der Waals surface area contributed by atoms with Crippen LogP contribution in [0.25, 0.3) is 5.76 Å². The molecule has 1 saturated heterocycles. The van der Waals surface area contributed by atoms with E-state index in [1.54, 1.807) is 48.5 Å². The number of para-hydroxylation sites is 1. The van der Waals surface area contributed by atoms with E-state index < -0.39 is 17.7 Å². The van der Waals surface area contributed by atoms with E-state index >= 15 is 0 Å². The van der Waals surface area contributed by atoms with E-state index in [2.05, 4.69) is 0 Å². The summed E-state index contributed by atoms with van der Waals surface area (Å²) in [5.41, 5.74) is 2.52. The Hall–Kier alpha value is -3.86. The first-order valence-electron chi connectivity index (χ1n) is 9.19. The summed E-state index contributed by atoms with van der Waals surface area (Å²) < 4.78 is 0. The molecular formula is C24H19NO4. The van der Waals surface area contributed by atoms with Crippen LogP contribution in [0.1, 0.15) is 22.7 Å². The second-order valence-corrected chi connectivity index (χ2v) is 6.97. The van der Waals surface area contributed by atoms with E-state index in [0.29, 0.717) is 16.8 Å². The van der Waals surface area contributed by atoms with Gasteiger partial charge in [0.1, 0.15) is 11.5 Å². The summed E-state index contributed by atoms with van der Waals surface area (Å²) in [6, 6.07) is 21.4. The van der Waals surface area contributed by atoms with Gasteiger partial charge in [-0.25, -0.2) is 0 Å². The van der Waals surface area contributed by atoms with Crippen LogP contribution >= 0.6 is 0 Å². The third-order valence-electron chi connectivity index (χ3n) is 4.99. The van der Waals surface area contributed by atoms with E-state index in [0.717, 1.165) is 5.56 Å². The van der Waals surface area contributed by atoms with Crippen LogP contribution in [-0.2, 0) is 9.59 Å². The monoisotopic (exact) mass is 385 g/mol. The van der Waals surface area contributed by atoms with Crippen molar-refractivity contribution in [3.63, 3.8) is 0 Å². The minimum atomic E-state index is -0.856. The number of aliphatic hydroxyl groups excluding tert-OH is 1. The first-order valence-corrected chi connectivity index (χ1v) is 9.19. The first-order chi connectivity index (χ1) is 14.0. The molecule has 0 bridgehead atoms. The van der Waals surface area contributed by atoms with E-state index in [1.807, 2.05) is 25.1 Å². The molecule has 29 heavy (non-hydrogen) atoms. The highest BCUT2D eigenvalue weighted by Gasteiger charge is 2.46. The molecule has 1 aliphatic heterocycles. The Morgan fingerprint density at radius 3 is 2.24 bits per heavy atom. The molecule has 3 aromatic rings. The van der Waals surface area contributed by atoms with Crippen molar-refractivity contribution >= 4 is 23.1 Å². The lowest BCUT2D eigenvalue weighted by Crippen LogP contribution is -2.29. The van der Waals surface area contributed by atoms with Gasteiger partial charge in [-0.15, -0.1) is 0 Å². The molecule has 144 valence electrons. The molecule has 1 atom stereocenters. The second kappa shape index (κ2) is 7.28. The molecule has 3 aromatic carbocycles. The van der Waals surface area contributed by atoms with Crippen LogP contribution in [0.3, 0.4) is 0 Å². The Labute approximate surface area is 168 Å². The highest BCUT2D eigenvalue weighted by molar-refractivity contribution is 6.51. The fourth-order valence-electron chi connectivity index (χ4n) is 3.56. The Bertz CT molecular complexity index is 1120. The number of aromatic hydroxyl groups is 1. The number of phenolic OH excluding ortho intramolecular Hbond substituents is 1. The number of Topliss-reactive ketones (excluding diaryl/α,β-unsaturated/α-hetero) is 1. The highest BCUT2D eigenvalue weighted by atomic mass is 16.3. The summed E-state index contributed by atoms with van der Waals surface area (Å²) in [5.74, 6) is -1.72. The topological polar surface area (TPSA) is 77.8 Å². The molecule has 1 heterocycles. The smallest absolute Gasteiger partial charge is 0.300 e. The normalized spacial score (nSPS) is 18.2. The van der Waals surface area contributed by atoms with Gasteiger partial charge in [-0.3, -0.25) is 14.5 Å². The molecule has 5 nitrogen and oxygen atoms in total. The Kier molecular flexibility index (Phi) is 4.64. The molecule has 1 fully saturated rings. The molecule has 4 rings (SSSR count). The van der Waals surface area contributed by atoms with Crippen molar-refractivity contribution in [2.75, 3.05) is 4.90 Å². The number of hydrogen-bond acceptors (Lipinski definition) is 4. The average molecular weight is 385 g/mol. The van der Waals surface area contributed by atoms with Gasteiger partial charge in [0.15, 0.2) is 0 Å². The van der Waals surface area contributed by atoms with Crippen LogP contribution in [0.2, 0.25) is 0 Å². The summed E-state index contributed by atoms with van der Waals surface area (Å²) >= 11 is 0. The van der Waals surface area contributed by atoms with Crippen LogP contribution < -0.4 is 4.90 Å². The van der Waals surface area contributed by atoms with E-state index in [-0.39, 0.29) is 17.1 Å². The molecule has 0 radical (unpaired) electrons. The molecular weight excluding hydrogens is 366 g/mol. The summed E-state index contributed by atoms with van der Waals surface area (Å²) in [5, 5.41) is 21.0. The van der Waals surface area contributed by atoms with Crippen LogP contribution in [0.4, 0.5) is 5.69 Å². The Morgan fingerprint density at radius 1 is 0.897 bits per heavy atom. The molecule has 0 saturated carbocycles. The molecule has 0 aromatic heterocycles. The third kappa shape index (κ3) is 3.27. The number of carbonyl (C=O) groups is 2. The Balaban J connectivity index is 1.95. The van der Waals surface area contributed by atoms with Crippen molar-refractivity contribution in [2.45, 2.75) is 13.0 Å². The summed E-state index contributed by atoms with van der Waals surface area (Å²) in [6.07, 6.45) is 0. The first kappa shape index (κ1) is 18.5. The fourth-order valence-corrected chi connectivity index (χ4v) is 3.56. The van der Waals surface area contributed by atoms with Gasteiger partial charge in [-0.05, 0) is 36.8 Å². The van der Waals surface area contributed by atoms with Gasteiger partial charge < -0.3 is 10.2 Å². The average Bonchev–Trinajstić information content (AvgIpc) is 2.99. The SMILES string of the molecule is Cc1ccc(/C(O)=C2/C(=O)C(=O)N(c3ccccc3)C2c2cccc(O)c2)cc1. The number of aliphatic hydroxyl groups is 1. The number of hydrogen-bond donors (Lipinski definition) is 2. The minimum Gasteiger partial charge on any atom is -0.508 e. The number of nitrogens with zero attached hydrogens (tertiary/aromatic N) is 1. The molecule has 0 aliphatic carbocycles. The fraction of sp³-hybridized carbons (Fsp3) is 0.0833. The van der Waals surface area contributed by atoms with Crippen molar-refractivity contribution in [3.05, 3.63) is 101 Å². The number of rotatable bonds is 3. The molecule has 5 heteroatoms. The zero-order valence-corrected chi connectivity index (χ0v) is 15.7. The van der Waals surface area contributed by atoms with Crippen molar-refractivity contribution in [1.82, 2.24) is 0 Å². The summed E-state index contributed by atoms with van der Waals surface area (Å²) in [4.78, 5) is 27.3. The summed E-state index contributed by atoms with van der Waals surface area (Å²) in [7, 11) is 0. The van der Waals surface area contributed by atoms with Gasteiger partial charge in [-0.2, -0.15) is 0 Å². The quantitative estimate of drug-likeness (QED) is 0.400. The van der Waals surface area contributed by atoms with E-state index in [9.17, 15) is 19.8 Å². The van der Waals surface area contributed by atoms with E-state index in [4.69, 9.17) is 0 Å². The molecule has 0 spiro atoms. The predicted molar refractivity (Wildman–Crippen MR) is 111 cm³/mol. The highest BCUT2D eigenvalue weighted by Crippen LogP contribution is 2.42. The molecule has 1 unspecified atom stereocenters. The minimum absolute atomic E-state index is 0.00620. The van der Waals surface area contributed by atoms with Crippen LogP contribution in [-0.4, -0.2) is 21.9 Å². The van der Waals surface area contributed by atoms with Crippen LogP contribution in [0.5, 0.6) is 5.75 Å². The zero-order valence-electron chi connectivity index (χ0n) is 15.7. The van der Waals surface area contributed by atoms with Crippen molar-refractivity contribution < 1.29 is 19.8 Å². The lowest BCUT2D eigenvalue weighted by Gasteiger charge is -2.25. The van der Waals surface area contributed by atoms with Crippen molar-refractivity contribution in [3.8, 4) is 5.75 Å². The molecule has 2 N–H and O–H groups in total. The van der Waals surface area contributed by atoms with Crippen LogP contribution in [0.15, 0.2) is 84.4 Å². The number of benzene rings is 3. The van der Waals surface area contributed by atoms with Gasteiger partial charge in [0.05, 0.1) is 11.6 Å². The zero-order chi connectivity index (χ0) is 20.5. The number of carbonyl (C=O) groups excluding carboxylic acids is 2. The lowest BCUT2D eigenvalue weighted by atomic mass is 9.94. The van der Waals surface area contributed by atoms with E-state index in [1.165, 1.54) is 17.0 Å². The largest absolute Gasteiger partial charge is 0.508 e. The van der Waals surface area contributed by atoms with Gasteiger partial charge in [0.2, 0.25) is 0 Å². The van der Waals surface area contributed by atoms with Gasteiger partial charge in [0.25, 0.3) is 11.7 Å². The number of anilines is 1. The number of aryl methyl sites for hydroxylation is 1. The lowest BCUT2D eigenvalue weighted by molar-refractivity contribution is -0.132. The maximum atomic E-state index is 13.0. The molecule has 1 amide bonds. The van der Waals surface area contributed by atoms with Gasteiger partial charge in [-0.1, -0.05) is 60.2 Å². The van der Waals surface area contributed by atoms with Gasteiger partial charge >= 0.3 is 0 Å². The van der Waals surface area contributed by atoms with Crippen molar-refractivity contribution in [2.24, 2.45) is 0 Å². The number of phenols is 1. The maximum Gasteiger partial charge on any atom is 0.300 e. The van der Waals surface area contributed by atoms with Crippen LogP contribution in [0, 0.1) is 6.92 Å². The maximum absolute atomic E-state index is 13.0.